The Labute approximate surface area is 149 Å². The molecular weight excluding hydrogens is 340 g/mol. The van der Waals surface area contributed by atoms with Gasteiger partial charge in [0.1, 0.15) is 0 Å². The molecule has 2 amide bonds. The Bertz CT molecular complexity index is 861. The molecule has 0 atom stereocenters. The molecule has 0 spiro atoms. The van der Waals surface area contributed by atoms with E-state index in [1.54, 1.807) is 30.3 Å². The van der Waals surface area contributed by atoms with Crippen LogP contribution in [0.2, 0.25) is 0 Å². The van der Waals surface area contributed by atoms with Crippen LogP contribution in [0, 0.1) is 0 Å². The molecule has 0 unspecified atom stereocenters. The largest absolute Gasteiger partial charge is 0.290 e. The van der Waals surface area contributed by atoms with Gasteiger partial charge in [0.15, 0.2) is 5.69 Å². The zero-order chi connectivity index (χ0) is 18.4. The fraction of sp³-hybridized carbons (Fsp3) is 0.294. The predicted octanol–water partition coefficient (Wildman–Crippen LogP) is 1.66. The summed E-state index contributed by atoms with van der Waals surface area (Å²) in [7, 11) is 0. The Morgan fingerprint density at radius 2 is 1.96 bits per heavy atom. The van der Waals surface area contributed by atoms with Crippen molar-refractivity contribution in [3.8, 4) is 0 Å². The van der Waals surface area contributed by atoms with E-state index in [0.717, 1.165) is 0 Å². The second-order valence-electron chi connectivity index (χ2n) is 5.54. The molecule has 2 aromatic rings. The molecule has 2 N–H and O–H groups in total. The number of hydrogen-bond donors (Lipinski definition) is 2. The number of fused-ring (bicyclic) bond motifs is 1. The molecule has 0 saturated heterocycles. The Kier molecular flexibility index (Phi) is 6.35. The van der Waals surface area contributed by atoms with Gasteiger partial charge in [-0.1, -0.05) is 24.3 Å². The molecule has 1 aromatic carbocycles. The molecule has 132 valence electrons. The van der Waals surface area contributed by atoms with Crippen LogP contribution in [0.15, 0.2) is 41.7 Å². The molecule has 2 rings (SSSR count). The van der Waals surface area contributed by atoms with Gasteiger partial charge in [0.25, 0.3) is 11.5 Å². The summed E-state index contributed by atoms with van der Waals surface area (Å²) in [6.45, 7) is 7.19. The minimum absolute atomic E-state index is 0.0861. The van der Waals surface area contributed by atoms with Crippen molar-refractivity contribution in [2.75, 3.05) is 11.5 Å². The Morgan fingerprint density at radius 3 is 2.60 bits per heavy atom. The summed E-state index contributed by atoms with van der Waals surface area (Å²) in [6, 6.07) is 6.57. The highest BCUT2D eigenvalue weighted by Gasteiger charge is 2.18. The number of thioether (sulfide) groups is 1. The summed E-state index contributed by atoms with van der Waals surface area (Å²) < 4.78 is 1.26. The molecular formula is C17H20N4O3S. The van der Waals surface area contributed by atoms with Gasteiger partial charge in [-0.15, -0.1) is 18.3 Å². The van der Waals surface area contributed by atoms with Crippen LogP contribution in [-0.4, -0.2) is 33.1 Å². The molecule has 0 radical (unpaired) electrons. The number of hydrogen-bond acceptors (Lipinski definition) is 5. The molecule has 1 heterocycles. The number of rotatable bonds is 6. The fourth-order valence-corrected chi connectivity index (χ4v) is 2.72. The lowest BCUT2D eigenvalue weighted by atomic mass is 10.1. The van der Waals surface area contributed by atoms with Crippen LogP contribution in [0.3, 0.4) is 0 Å². The summed E-state index contributed by atoms with van der Waals surface area (Å²) in [6.07, 6.45) is 1.70. The summed E-state index contributed by atoms with van der Waals surface area (Å²) in [4.78, 5) is 36.6. The first-order valence-electron chi connectivity index (χ1n) is 7.75. The van der Waals surface area contributed by atoms with E-state index in [1.165, 1.54) is 16.4 Å². The topological polar surface area (TPSA) is 93.1 Å². The molecule has 8 heteroatoms. The Hall–Kier alpha value is -2.61. The van der Waals surface area contributed by atoms with Crippen molar-refractivity contribution in [2.24, 2.45) is 0 Å². The van der Waals surface area contributed by atoms with Gasteiger partial charge in [-0.05, 0) is 19.9 Å². The lowest BCUT2D eigenvalue weighted by Gasteiger charge is -2.13. The van der Waals surface area contributed by atoms with E-state index in [1.807, 2.05) is 13.8 Å². The average Bonchev–Trinajstić information content (AvgIpc) is 2.60. The molecule has 0 aliphatic carbocycles. The molecule has 0 fully saturated rings. The second-order valence-corrected chi connectivity index (χ2v) is 6.57. The summed E-state index contributed by atoms with van der Waals surface area (Å²) in [5.41, 5.74) is 4.52. The van der Waals surface area contributed by atoms with Gasteiger partial charge in [0, 0.05) is 11.1 Å². The standard InChI is InChI=1S/C17H20N4O3S/c1-4-9-25-10-14(22)18-19-16(23)15-12-7-5-6-8-13(12)17(24)21(20-15)11(2)3/h4-8,11H,1,9-10H2,2-3H3,(H,18,22)(H,19,23). The maximum atomic E-state index is 12.5. The van der Waals surface area contributed by atoms with Crippen molar-refractivity contribution in [3.05, 3.63) is 53.0 Å². The predicted molar refractivity (Wildman–Crippen MR) is 99.5 cm³/mol. The zero-order valence-corrected chi connectivity index (χ0v) is 14.9. The van der Waals surface area contributed by atoms with Crippen LogP contribution in [0.4, 0.5) is 0 Å². The second kappa shape index (κ2) is 8.48. The van der Waals surface area contributed by atoms with Gasteiger partial charge in [-0.3, -0.25) is 25.2 Å². The average molecular weight is 360 g/mol. The maximum Gasteiger partial charge on any atom is 0.290 e. The lowest BCUT2D eigenvalue weighted by Crippen LogP contribution is -2.43. The normalized spacial score (nSPS) is 10.7. The molecule has 0 saturated carbocycles. The molecule has 25 heavy (non-hydrogen) atoms. The number of nitrogens with one attached hydrogen (secondary N) is 2. The van der Waals surface area contributed by atoms with Gasteiger partial charge in [-0.25, -0.2) is 4.68 Å². The van der Waals surface area contributed by atoms with E-state index in [0.29, 0.717) is 16.5 Å². The minimum Gasteiger partial charge on any atom is -0.272 e. The highest BCUT2D eigenvalue weighted by molar-refractivity contribution is 8.00. The highest BCUT2D eigenvalue weighted by Crippen LogP contribution is 2.14. The van der Waals surface area contributed by atoms with Crippen LogP contribution in [0.1, 0.15) is 30.4 Å². The molecule has 1 aromatic heterocycles. The van der Waals surface area contributed by atoms with Gasteiger partial charge in [-0.2, -0.15) is 5.10 Å². The number of amides is 2. The summed E-state index contributed by atoms with van der Waals surface area (Å²) >= 11 is 1.38. The number of hydrazine groups is 1. The molecule has 0 aliphatic rings. The summed E-state index contributed by atoms with van der Waals surface area (Å²) in [5.74, 6) is -0.0619. The number of carbonyl (C=O) groups excluding carboxylic acids is 2. The third kappa shape index (κ3) is 4.48. The monoisotopic (exact) mass is 360 g/mol. The SMILES string of the molecule is C=CCSCC(=O)NNC(=O)c1nn(C(C)C)c(=O)c2ccccc12. The minimum atomic E-state index is -0.576. The van der Waals surface area contributed by atoms with Crippen molar-refractivity contribution < 1.29 is 9.59 Å². The smallest absolute Gasteiger partial charge is 0.272 e. The third-order valence-corrected chi connectivity index (χ3v) is 4.25. The summed E-state index contributed by atoms with van der Waals surface area (Å²) in [5, 5.41) is 5.02. The third-order valence-electron chi connectivity index (χ3n) is 3.32. The van der Waals surface area contributed by atoms with Crippen molar-refractivity contribution >= 4 is 34.3 Å². The maximum absolute atomic E-state index is 12.5. The van der Waals surface area contributed by atoms with E-state index >= 15 is 0 Å². The molecule has 0 bridgehead atoms. The van der Waals surface area contributed by atoms with Crippen LogP contribution in [-0.2, 0) is 4.79 Å². The van der Waals surface area contributed by atoms with Gasteiger partial charge in [0.2, 0.25) is 5.91 Å². The van der Waals surface area contributed by atoms with Crippen molar-refractivity contribution in [1.29, 1.82) is 0 Å². The van der Waals surface area contributed by atoms with Crippen molar-refractivity contribution in [3.63, 3.8) is 0 Å². The van der Waals surface area contributed by atoms with E-state index in [9.17, 15) is 14.4 Å². The number of nitrogens with zero attached hydrogens (tertiary/aromatic N) is 2. The van der Waals surface area contributed by atoms with E-state index in [-0.39, 0.29) is 29.0 Å². The number of aromatic nitrogens is 2. The van der Waals surface area contributed by atoms with E-state index < -0.39 is 5.91 Å². The van der Waals surface area contributed by atoms with E-state index in [2.05, 4.69) is 22.5 Å². The fourth-order valence-electron chi connectivity index (χ4n) is 2.18. The molecule has 7 nitrogen and oxygen atoms in total. The Balaban J connectivity index is 2.26. The van der Waals surface area contributed by atoms with Crippen LogP contribution < -0.4 is 16.4 Å². The number of benzene rings is 1. The highest BCUT2D eigenvalue weighted by atomic mass is 32.2. The van der Waals surface area contributed by atoms with Crippen molar-refractivity contribution in [2.45, 2.75) is 19.9 Å². The van der Waals surface area contributed by atoms with Gasteiger partial charge < -0.3 is 0 Å². The van der Waals surface area contributed by atoms with Gasteiger partial charge >= 0.3 is 0 Å². The Morgan fingerprint density at radius 1 is 1.28 bits per heavy atom. The first kappa shape index (κ1) is 18.7. The zero-order valence-electron chi connectivity index (χ0n) is 14.1. The van der Waals surface area contributed by atoms with Crippen LogP contribution in [0.5, 0.6) is 0 Å². The first-order valence-corrected chi connectivity index (χ1v) is 8.90. The number of carbonyl (C=O) groups is 2. The first-order chi connectivity index (χ1) is 12.0. The lowest BCUT2D eigenvalue weighted by molar-refractivity contribution is -0.119. The van der Waals surface area contributed by atoms with Crippen LogP contribution >= 0.6 is 11.8 Å². The molecule has 0 aliphatic heterocycles. The van der Waals surface area contributed by atoms with Gasteiger partial charge in [0.05, 0.1) is 17.2 Å². The van der Waals surface area contributed by atoms with E-state index in [4.69, 9.17) is 0 Å². The quantitative estimate of drug-likeness (QED) is 0.464. The van der Waals surface area contributed by atoms with Crippen molar-refractivity contribution in [1.82, 2.24) is 20.6 Å². The van der Waals surface area contributed by atoms with Crippen LogP contribution in [0.25, 0.3) is 10.8 Å².